The molecule has 3 aromatic rings. The summed E-state index contributed by atoms with van der Waals surface area (Å²) in [5, 5.41) is 5.61. The summed E-state index contributed by atoms with van der Waals surface area (Å²) in [4.78, 5) is 28.2. The molecule has 4 N–H and O–H groups in total. The van der Waals surface area contributed by atoms with Crippen molar-refractivity contribution in [1.82, 2.24) is 10.3 Å². The van der Waals surface area contributed by atoms with E-state index in [1.807, 2.05) is 0 Å². The average molecular weight is 390 g/mol. The topological polar surface area (TPSA) is 106 Å². The highest BCUT2D eigenvalue weighted by Crippen LogP contribution is 2.18. The van der Waals surface area contributed by atoms with Crippen molar-refractivity contribution in [3.8, 4) is 5.75 Å². The van der Waals surface area contributed by atoms with E-state index >= 15 is 0 Å². The number of rotatable bonds is 8. The number of carbonyl (C=O) groups excluding carboxylic acids is 2. The van der Waals surface area contributed by atoms with Gasteiger partial charge in [-0.15, -0.1) is 0 Å². The number of benzene rings is 2. The number of hydrogen-bond donors (Lipinski definition) is 3. The van der Waals surface area contributed by atoms with Crippen molar-refractivity contribution in [2.75, 3.05) is 17.7 Å². The predicted octanol–water partition coefficient (Wildman–Crippen LogP) is 3.00. The summed E-state index contributed by atoms with van der Waals surface area (Å²) in [6, 6.07) is 17.7. The van der Waals surface area contributed by atoms with Crippen molar-refractivity contribution in [2.45, 2.75) is 13.0 Å². The van der Waals surface area contributed by atoms with Crippen molar-refractivity contribution in [3.05, 3.63) is 84.2 Å². The molecule has 0 aliphatic carbocycles. The highest BCUT2D eigenvalue weighted by molar-refractivity contribution is 6.05. The first-order valence-electron chi connectivity index (χ1n) is 9.16. The molecule has 0 saturated heterocycles. The second-order valence-electron chi connectivity index (χ2n) is 6.30. The molecule has 0 atom stereocenters. The molecule has 0 bridgehead atoms. The van der Waals surface area contributed by atoms with Crippen LogP contribution in [0, 0.1) is 0 Å². The first-order valence-corrected chi connectivity index (χ1v) is 9.16. The van der Waals surface area contributed by atoms with Crippen LogP contribution in [0.5, 0.6) is 5.75 Å². The largest absolute Gasteiger partial charge is 0.491 e. The van der Waals surface area contributed by atoms with Crippen LogP contribution < -0.4 is 21.1 Å². The normalized spacial score (nSPS) is 10.2. The maximum atomic E-state index is 12.3. The number of carbonyl (C=O) groups is 2. The van der Waals surface area contributed by atoms with Gasteiger partial charge in [0.2, 0.25) is 5.91 Å². The van der Waals surface area contributed by atoms with Crippen LogP contribution in [0.25, 0.3) is 0 Å². The van der Waals surface area contributed by atoms with E-state index in [9.17, 15) is 9.59 Å². The van der Waals surface area contributed by atoms with Crippen LogP contribution in [0.2, 0.25) is 0 Å². The highest BCUT2D eigenvalue weighted by atomic mass is 16.5. The third-order valence-corrected chi connectivity index (χ3v) is 4.15. The van der Waals surface area contributed by atoms with Crippen LogP contribution in [-0.4, -0.2) is 23.4 Å². The Balaban J connectivity index is 1.43. The first kappa shape index (κ1) is 19.9. The molecule has 0 unspecified atom stereocenters. The minimum absolute atomic E-state index is 0.115. The van der Waals surface area contributed by atoms with Gasteiger partial charge in [-0.3, -0.25) is 14.6 Å². The second kappa shape index (κ2) is 9.89. The Labute approximate surface area is 168 Å². The lowest BCUT2D eigenvalue weighted by molar-refractivity contribution is -0.121. The number of ether oxygens (including phenoxy) is 1. The monoisotopic (exact) mass is 390 g/mol. The van der Waals surface area contributed by atoms with Crippen molar-refractivity contribution >= 4 is 23.2 Å². The maximum Gasteiger partial charge on any atom is 0.255 e. The van der Waals surface area contributed by atoms with Crippen LogP contribution in [0.1, 0.15) is 22.3 Å². The summed E-state index contributed by atoms with van der Waals surface area (Å²) >= 11 is 0. The minimum atomic E-state index is -0.244. The highest BCUT2D eigenvalue weighted by Gasteiger charge is 2.08. The fourth-order valence-electron chi connectivity index (χ4n) is 2.56. The number of aromatic nitrogens is 1. The van der Waals surface area contributed by atoms with Gasteiger partial charge in [0.25, 0.3) is 5.91 Å². The quantitative estimate of drug-likeness (QED) is 0.513. The average Bonchev–Trinajstić information content (AvgIpc) is 2.75. The molecular formula is C22H22N4O3. The van der Waals surface area contributed by atoms with Crippen LogP contribution in [-0.2, 0) is 11.3 Å². The van der Waals surface area contributed by atoms with Gasteiger partial charge < -0.3 is 21.1 Å². The zero-order valence-electron chi connectivity index (χ0n) is 15.8. The van der Waals surface area contributed by atoms with Crippen molar-refractivity contribution in [1.29, 1.82) is 0 Å². The molecule has 148 valence electrons. The van der Waals surface area contributed by atoms with E-state index in [1.54, 1.807) is 73.1 Å². The molecule has 29 heavy (non-hydrogen) atoms. The summed E-state index contributed by atoms with van der Waals surface area (Å²) in [6.07, 6.45) is 3.50. The molecule has 0 spiro atoms. The molecule has 1 aromatic heterocycles. The lowest BCUT2D eigenvalue weighted by atomic mass is 10.1. The molecular weight excluding hydrogens is 368 g/mol. The zero-order chi connectivity index (χ0) is 20.5. The van der Waals surface area contributed by atoms with Crippen LogP contribution >= 0.6 is 0 Å². The Morgan fingerprint density at radius 2 is 1.79 bits per heavy atom. The molecule has 7 nitrogen and oxygen atoms in total. The molecule has 2 amide bonds. The smallest absolute Gasteiger partial charge is 0.255 e. The zero-order valence-corrected chi connectivity index (χ0v) is 15.8. The van der Waals surface area contributed by atoms with Gasteiger partial charge >= 0.3 is 0 Å². The van der Waals surface area contributed by atoms with Gasteiger partial charge in [-0.05, 0) is 42.0 Å². The first-order chi connectivity index (χ1) is 14.1. The van der Waals surface area contributed by atoms with Gasteiger partial charge in [-0.1, -0.05) is 24.3 Å². The van der Waals surface area contributed by atoms with Crippen LogP contribution in [0.3, 0.4) is 0 Å². The molecule has 0 aliphatic rings. The van der Waals surface area contributed by atoms with Crippen molar-refractivity contribution < 1.29 is 14.3 Å². The minimum Gasteiger partial charge on any atom is -0.491 e. The second-order valence-corrected chi connectivity index (χ2v) is 6.30. The number of nitrogens with two attached hydrogens (primary N) is 1. The SMILES string of the molecule is Nc1ccccc1NC(=O)c1ccc(CNC(=O)CCOc2cccnc2)cc1. The number of para-hydroxylation sites is 2. The Morgan fingerprint density at radius 3 is 2.52 bits per heavy atom. The Morgan fingerprint density at radius 1 is 1.00 bits per heavy atom. The van der Waals surface area contributed by atoms with Gasteiger partial charge in [0, 0.05) is 18.3 Å². The molecule has 1 heterocycles. The Bertz CT molecular complexity index is 959. The molecule has 0 aliphatic heterocycles. The predicted molar refractivity (Wildman–Crippen MR) is 111 cm³/mol. The summed E-state index contributed by atoms with van der Waals surface area (Å²) in [7, 11) is 0. The van der Waals surface area contributed by atoms with Crippen LogP contribution in [0.4, 0.5) is 11.4 Å². The van der Waals surface area contributed by atoms with E-state index in [1.165, 1.54) is 0 Å². The van der Waals surface area contributed by atoms with Crippen LogP contribution in [0.15, 0.2) is 73.1 Å². The summed E-state index contributed by atoms with van der Waals surface area (Å²) in [5.74, 6) is 0.271. The van der Waals surface area contributed by atoms with E-state index in [-0.39, 0.29) is 24.8 Å². The molecule has 2 aromatic carbocycles. The van der Waals surface area contributed by atoms with Gasteiger partial charge in [-0.25, -0.2) is 0 Å². The molecule has 0 saturated carbocycles. The standard InChI is InChI=1S/C22H22N4O3/c23-19-5-1-2-6-20(19)26-22(28)17-9-7-16(8-10-17)14-25-21(27)11-13-29-18-4-3-12-24-15-18/h1-10,12,15H,11,13-14,23H2,(H,25,27)(H,26,28). The lowest BCUT2D eigenvalue weighted by Gasteiger charge is -2.09. The Kier molecular flexibility index (Phi) is 6.78. The number of anilines is 2. The summed E-state index contributed by atoms with van der Waals surface area (Å²) < 4.78 is 5.45. The van der Waals surface area contributed by atoms with E-state index in [0.29, 0.717) is 29.2 Å². The summed E-state index contributed by atoms with van der Waals surface area (Å²) in [6.45, 7) is 0.651. The number of amides is 2. The van der Waals surface area contributed by atoms with Gasteiger partial charge in [0.05, 0.1) is 30.6 Å². The van der Waals surface area contributed by atoms with E-state index in [4.69, 9.17) is 10.5 Å². The molecule has 7 heteroatoms. The van der Waals surface area contributed by atoms with Gasteiger partial charge in [0.15, 0.2) is 0 Å². The fourth-order valence-corrected chi connectivity index (χ4v) is 2.56. The van der Waals surface area contributed by atoms with Gasteiger partial charge in [-0.2, -0.15) is 0 Å². The maximum absolute atomic E-state index is 12.3. The van der Waals surface area contributed by atoms with E-state index < -0.39 is 0 Å². The number of hydrogen-bond acceptors (Lipinski definition) is 5. The lowest BCUT2D eigenvalue weighted by Crippen LogP contribution is -2.24. The van der Waals surface area contributed by atoms with Crippen molar-refractivity contribution in [3.63, 3.8) is 0 Å². The van der Waals surface area contributed by atoms with Gasteiger partial charge in [0.1, 0.15) is 5.75 Å². The number of pyridine rings is 1. The number of nitrogens with zero attached hydrogens (tertiary/aromatic N) is 1. The fraction of sp³-hybridized carbons (Fsp3) is 0.136. The number of nitrogens with one attached hydrogen (secondary N) is 2. The third kappa shape index (κ3) is 6.07. The van der Waals surface area contributed by atoms with E-state index in [0.717, 1.165) is 5.56 Å². The molecule has 3 rings (SSSR count). The number of nitrogen functional groups attached to an aromatic ring is 1. The summed E-state index contributed by atoms with van der Waals surface area (Å²) in [5.41, 5.74) is 8.32. The molecule has 0 radical (unpaired) electrons. The Hall–Kier alpha value is -3.87. The molecule has 0 fully saturated rings. The van der Waals surface area contributed by atoms with Crippen molar-refractivity contribution in [2.24, 2.45) is 0 Å². The van der Waals surface area contributed by atoms with E-state index in [2.05, 4.69) is 15.6 Å². The third-order valence-electron chi connectivity index (χ3n) is 4.15.